The molecule has 29 heavy (non-hydrogen) atoms. The molecule has 1 aromatic heterocycles. The number of ether oxygens (including phenoxy) is 1. The Kier molecular flexibility index (Phi) is 7.29. The van der Waals surface area contributed by atoms with Crippen molar-refractivity contribution in [1.29, 1.82) is 0 Å². The summed E-state index contributed by atoms with van der Waals surface area (Å²) in [5.74, 6) is 0.331. The van der Waals surface area contributed by atoms with Gasteiger partial charge in [0.25, 0.3) is 0 Å². The van der Waals surface area contributed by atoms with Gasteiger partial charge in [-0.15, -0.1) is 11.3 Å². The van der Waals surface area contributed by atoms with Crippen LogP contribution in [0.25, 0.3) is 10.4 Å². The summed E-state index contributed by atoms with van der Waals surface area (Å²) in [5, 5.41) is 6.89. The molecule has 0 saturated heterocycles. The smallest absolute Gasteiger partial charge is 0.407 e. The molecule has 3 rings (SSSR count). The maximum Gasteiger partial charge on any atom is 0.407 e. The number of carbonyl (C=O) groups is 2. The molecule has 6 nitrogen and oxygen atoms in total. The van der Waals surface area contributed by atoms with Gasteiger partial charge in [-0.1, -0.05) is 22.0 Å². The molecule has 1 heterocycles. The Bertz CT molecular complexity index is 876. The minimum absolute atomic E-state index is 0.0905. The van der Waals surface area contributed by atoms with Crippen LogP contribution in [-0.4, -0.2) is 29.1 Å². The third kappa shape index (κ3) is 6.02. The van der Waals surface area contributed by atoms with Gasteiger partial charge in [-0.3, -0.25) is 4.79 Å². The van der Waals surface area contributed by atoms with Crippen LogP contribution in [0.4, 0.5) is 10.5 Å². The van der Waals surface area contributed by atoms with E-state index in [1.54, 1.807) is 11.3 Å². The average Bonchev–Trinajstić information content (AvgIpc) is 3.11. The summed E-state index contributed by atoms with van der Waals surface area (Å²) in [6.07, 6.45) is 5.36. The molecule has 0 aliphatic heterocycles. The lowest BCUT2D eigenvalue weighted by Gasteiger charge is -2.28. The molecule has 2 amide bonds. The van der Waals surface area contributed by atoms with Crippen LogP contribution < -0.4 is 10.6 Å². The van der Waals surface area contributed by atoms with Crippen molar-refractivity contribution >= 4 is 45.0 Å². The number of carbonyl (C=O) groups excluding carboxylic acids is 2. The van der Waals surface area contributed by atoms with E-state index in [9.17, 15) is 9.59 Å². The number of nitrogens with one attached hydrogen (secondary N) is 2. The van der Waals surface area contributed by atoms with Gasteiger partial charge in [-0.05, 0) is 51.7 Å². The maximum absolute atomic E-state index is 11.8. The quantitative estimate of drug-likeness (QED) is 0.576. The summed E-state index contributed by atoms with van der Waals surface area (Å²) in [7, 11) is 0. The fourth-order valence-corrected chi connectivity index (χ4v) is 5.35. The fraction of sp³-hybridized carbons (Fsp3) is 0.476. The molecule has 1 fully saturated rings. The van der Waals surface area contributed by atoms with E-state index < -0.39 is 0 Å². The van der Waals surface area contributed by atoms with Gasteiger partial charge in [0.2, 0.25) is 5.91 Å². The largest absolute Gasteiger partial charge is 0.447 e. The van der Waals surface area contributed by atoms with Gasteiger partial charge in [0, 0.05) is 40.8 Å². The average molecular weight is 480 g/mol. The zero-order valence-electron chi connectivity index (χ0n) is 16.8. The number of thiazole rings is 1. The van der Waals surface area contributed by atoms with Crippen molar-refractivity contribution in [2.45, 2.75) is 64.5 Å². The Labute approximate surface area is 183 Å². The summed E-state index contributed by atoms with van der Waals surface area (Å²) in [4.78, 5) is 28.8. The first-order valence-corrected chi connectivity index (χ1v) is 11.4. The highest BCUT2D eigenvalue weighted by molar-refractivity contribution is 9.10. The second-order valence-corrected chi connectivity index (χ2v) is 9.50. The Balaban J connectivity index is 1.60. The topological polar surface area (TPSA) is 80.3 Å². The number of aromatic nitrogens is 1. The van der Waals surface area contributed by atoms with Crippen LogP contribution in [0.2, 0.25) is 0 Å². The molecule has 0 atom stereocenters. The molecular weight excluding hydrogens is 454 g/mol. The zero-order valence-corrected chi connectivity index (χ0v) is 19.2. The SMILES string of the molecule is CC(=O)Nc1ccc(-c2cnc([C@H]3CC[C@H](NC(=O)OC(C)C)CC3)s2)c(Br)c1. The van der Waals surface area contributed by atoms with Crippen molar-refractivity contribution < 1.29 is 14.3 Å². The van der Waals surface area contributed by atoms with Crippen molar-refractivity contribution in [1.82, 2.24) is 10.3 Å². The lowest BCUT2D eigenvalue weighted by Crippen LogP contribution is -2.38. The summed E-state index contributed by atoms with van der Waals surface area (Å²) in [6.45, 7) is 5.19. The molecule has 1 aromatic carbocycles. The van der Waals surface area contributed by atoms with Gasteiger partial charge in [-0.2, -0.15) is 0 Å². The predicted molar refractivity (Wildman–Crippen MR) is 119 cm³/mol. The normalized spacial score (nSPS) is 19.1. The Hall–Kier alpha value is -1.93. The highest BCUT2D eigenvalue weighted by atomic mass is 79.9. The van der Waals surface area contributed by atoms with Crippen LogP contribution in [0.5, 0.6) is 0 Å². The summed E-state index contributed by atoms with van der Waals surface area (Å²) in [6, 6.07) is 5.97. The van der Waals surface area contributed by atoms with Gasteiger partial charge < -0.3 is 15.4 Å². The molecule has 0 bridgehead atoms. The molecule has 8 heteroatoms. The summed E-state index contributed by atoms with van der Waals surface area (Å²) >= 11 is 5.31. The minimum Gasteiger partial charge on any atom is -0.447 e. The number of anilines is 1. The molecule has 0 radical (unpaired) electrons. The van der Waals surface area contributed by atoms with E-state index in [0.717, 1.165) is 51.3 Å². The van der Waals surface area contributed by atoms with Crippen molar-refractivity contribution in [3.63, 3.8) is 0 Å². The van der Waals surface area contributed by atoms with Gasteiger partial charge in [0.1, 0.15) is 0 Å². The predicted octanol–water partition coefficient (Wildman–Crippen LogP) is 5.69. The maximum atomic E-state index is 11.8. The molecular formula is C21H26BrN3O3S. The van der Waals surface area contributed by atoms with Gasteiger partial charge in [0.15, 0.2) is 0 Å². The van der Waals surface area contributed by atoms with Crippen molar-refractivity contribution in [2.75, 3.05) is 5.32 Å². The number of amides is 2. The first kappa shape index (κ1) is 21.8. The molecule has 1 aliphatic rings. The van der Waals surface area contributed by atoms with E-state index in [1.165, 1.54) is 6.92 Å². The number of hydrogen-bond acceptors (Lipinski definition) is 5. The molecule has 1 saturated carbocycles. The molecule has 0 unspecified atom stereocenters. The lowest BCUT2D eigenvalue weighted by atomic mass is 9.86. The number of hydrogen-bond donors (Lipinski definition) is 2. The van der Waals surface area contributed by atoms with Crippen molar-refractivity contribution in [3.05, 3.63) is 33.9 Å². The van der Waals surface area contributed by atoms with Crippen LogP contribution in [0.3, 0.4) is 0 Å². The number of rotatable bonds is 5. The molecule has 2 N–H and O–H groups in total. The standard InChI is InChI=1S/C21H26BrN3O3S/c1-12(2)28-21(27)25-15-6-4-14(5-7-15)20-23-11-19(29-20)17-9-8-16(10-18(17)22)24-13(3)26/h8-12,14-15H,4-7H2,1-3H3,(H,24,26)(H,25,27)/t14-,15-. The minimum atomic E-state index is -0.326. The Morgan fingerprint density at radius 3 is 2.59 bits per heavy atom. The van der Waals surface area contributed by atoms with E-state index in [1.807, 2.05) is 38.2 Å². The van der Waals surface area contributed by atoms with Gasteiger partial charge in [-0.25, -0.2) is 9.78 Å². The van der Waals surface area contributed by atoms with Crippen LogP contribution in [0.15, 0.2) is 28.9 Å². The van der Waals surface area contributed by atoms with Crippen molar-refractivity contribution in [2.24, 2.45) is 0 Å². The van der Waals surface area contributed by atoms with Crippen LogP contribution in [0.1, 0.15) is 57.4 Å². The second kappa shape index (κ2) is 9.71. The highest BCUT2D eigenvalue weighted by Crippen LogP contribution is 2.40. The first-order chi connectivity index (χ1) is 13.8. The Morgan fingerprint density at radius 1 is 1.24 bits per heavy atom. The molecule has 2 aromatic rings. The number of benzene rings is 1. The third-order valence-electron chi connectivity index (χ3n) is 4.82. The lowest BCUT2D eigenvalue weighted by molar-refractivity contribution is -0.114. The van der Waals surface area contributed by atoms with Gasteiger partial charge >= 0.3 is 6.09 Å². The summed E-state index contributed by atoms with van der Waals surface area (Å²) < 4.78 is 6.10. The number of halogens is 1. The molecule has 0 spiro atoms. The zero-order chi connectivity index (χ0) is 21.0. The number of alkyl carbamates (subject to hydrolysis) is 1. The number of nitrogens with zero attached hydrogens (tertiary/aromatic N) is 1. The third-order valence-corrected chi connectivity index (χ3v) is 6.67. The fourth-order valence-electron chi connectivity index (χ4n) is 3.50. The van der Waals surface area contributed by atoms with E-state index in [0.29, 0.717) is 5.92 Å². The second-order valence-electron chi connectivity index (χ2n) is 7.59. The summed E-state index contributed by atoms with van der Waals surface area (Å²) in [5.41, 5.74) is 1.83. The van der Waals surface area contributed by atoms with E-state index in [2.05, 4.69) is 31.5 Å². The van der Waals surface area contributed by atoms with Crippen LogP contribution in [-0.2, 0) is 9.53 Å². The first-order valence-electron chi connectivity index (χ1n) is 9.82. The van der Waals surface area contributed by atoms with Crippen molar-refractivity contribution in [3.8, 4) is 10.4 Å². The van der Waals surface area contributed by atoms with Crippen LogP contribution >= 0.6 is 27.3 Å². The van der Waals surface area contributed by atoms with E-state index in [4.69, 9.17) is 4.74 Å². The molecule has 1 aliphatic carbocycles. The van der Waals surface area contributed by atoms with E-state index in [-0.39, 0.29) is 24.1 Å². The Morgan fingerprint density at radius 2 is 1.97 bits per heavy atom. The van der Waals surface area contributed by atoms with E-state index >= 15 is 0 Å². The monoisotopic (exact) mass is 479 g/mol. The highest BCUT2D eigenvalue weighted by Gasteiger charge is 2.26. The van der Waals surface area contributed by atoms with Gasteiger partial charge in [0.05, 0.1) is 16.0 Å². The van der Waals surface area contributed by atoms with Crippen LogP contribution in [0, 0.1) is 0 Å². The molecule has 156 valence electrons.